The molecule has 0 aromatic heterocycles. The first-order chi connectivity index (χ1) is 6.16. The van der Waals surface area contributed by atoms with Gasteiger partial charge in [-0.05, 0) is 12.8 Å². The Hall–Kier alpha value is 0.387. The number of rotatable bonds is 7. The van der Waals surface area contributed by atoms with Gasteiger partial charge in [0.15, 0.2) is 0 Å². The van der Waals surface area contributed by atoms with E-state index in [4.69, 9.17) is 24.9 Å². The zero-order valence-corrected chi connectivity index (χ0v) is 10.6. The molecular formula is C8H19ClO3Si. The first-order valence-electron chi connectivity index (χ1n) is 4.38. The Morgan fingerprint density at radius 3 is 1.92 bits per heavy atom. The Kier molecular flexibility index (Phi) is 6.99. The van der Waals surface area contributed by atoms with E-state index >= 15 is 0 Å². The predicted molar refractivity (Wildman–Crippen MR) is 56.2 cm³/mol. The molecular weight excluding hydrogens is 208 g/mol. The fourth-order valence-electron chi connectivity index (χ4n) is 1.41. The van der Waals surface area contributed by atoms with Crippen LogP contribution in [0.15, 0.2) is 0 Å². The van der Waals surface area contributed by atoms with Crippen molar-refractivity contribution in [2.45, 2.75) is 25.3 Å². The fraction of sp³-hybridized carbons (Fsp3) is 1.00. The SMILES string of the molecule is CO[Si](OC)(OC)C(C)CCCCl. The maximum Gasteiger partial charge on any atom is 0.503 e. The van der Waals surface area contributed by atoms with Crippen molar-refractivity contribution in [3.8, 4) is 0 Å². The Morgan fingerprint density at radius 2 is 1.62 bits per heavy atom. The minimum atomic E-state index is -2.42. The summed E-state index contributed by atoms with van der Waals surface area (Å²) in [6, 6.07) is 0. The van der Waals surface area contributed by atoms with Gasteiger partial charge in [-0.25, -0.2) is 0 Å². The van der Waals surface area contributed by atoms with Crippen LogP contribution in [0.5, 0.6) is 0 Å². The van der Waals surface area contributed by atoms with E-state index in [1.165, 1.54) is 0 Å². The molecule has 3 nitrogen and oxygen atoms in total. The summed E-state index contributed by atoms with van der Waals surface area (Å²) in [5.41, 5.74) is 0.297. The highest BCUT2D eigenvalue weighted by atomic mass is 35.5. The molecule has 0 aromatic carbocycles. The molecule has 80 valence electrons. The summed E-state index contributed by atoms with van der Waals surface area (Å²) in [5.74, 6) is 0.673. The van der Waals surface area contributed by atoms with Crippen LogP contribution in [0.4, 0.5) is 0 Å². The molecule has 0 aliphatic rings. The van der Waals surface area contributed by atoms with Crippen LogP contribution in [-0.2, 0) is 13.3 Å². The lowest BCUT2D eigenvalue weighted by Gasteiger charge is -2.29. The molecule has 0 saturated carbocycles. The smallest absolute Gasteiger partial charge is 0.377 e. The van der Waals surface area contributed by atoms with Gasteiger partial charge in [-0.3, -0.25) is 0 Å². The Morgan fingerprint density at radius 1 is 1.15 bits per heavy atom. The van der Waals surface area contributed by atoms with E-state index in [1.807, 2.05) is 0 Å². The van der Waals surface area contributed by atoms with Gasteiger partial charge in [0.25, 0.3) is 0 Å². The monoisotopic (exact) mass is 226 g/mol. The molecule has 0 heterocycles. The molecule has 1 atom stereocenters. The molecule has 0 bridgehead atoms. The van der Waals surface area contributed by atoms with Crippen molar-refractivity contribution in [1.82, 2.24) is 0 Å². The maximum atomic E-state index is 5.62. The van der Waals surface area contributed by atoms with Crippen molar-refractivity contribution in [3.63, 3.8) is 0 Å². The molecule has 0 aromatic rings. The molecule has 0 rings (SSSR count). The van der Waals surface area contributed by atoms with Crippen LogP contribution in [-0.4, -0.2) is 36.0 Å². The van der Waals surface area contributed by atoms with Crippen LogP contribution < -0.4 is 0 Å². The predicted octanol–water partition coefficient (Wildman–Crippen LogP) is 2.27. The molecule has 0 radical (unpaired) electrons. The third-order valence-corrected chi connectivity index (χ3v) is 5.70. The van der Waals surface area contributed by atoms with Gasteiger partial charge in [0.2, 0.25) is 0 Å². The highest BCUT2D eigenvalue weighted by Crippen LogP contribution is 2.27. The number of alkyl halides is 1. The molecule has 0 amide bonds. The van der Waals surface area contributed by atoms with E-state index in [-0.39, 0.29) is 0 Å². The van der Waals surface area contributed by atoms with E-state index in [0.717, 1.165) is 12.8 Å². The minimum Gasteiger partial charge on any atom is -0.377 e. The Bertz CT molecular complexity index is 122. The van der Waals surface area contributed by atoms with Crippen molar-refractivity contribution in [2.24, 2.45) is 0 Å². The Labute approximate surface area is 86.7 Å². The number of hydrogen-bond donors (Lipinski definition) is 0. The zero-order chi connectivity index (χ0) is 10.3. The zero-order valence-electron chi connectivity index (χ0n) is 8.80. The molecule has 0 saturated heterocycles. The molecule has 0 N–H and O–H groups in total. The quantitative estimate of drug-likeness (QED) is 0.493. The van der Waals surface area contributed by atoms with E-state index in [9.17, 15) is 0 Å². The maximum absolute atomic E-state index is 5.62. The van der Waals surface area contributed by atoms with Crippen LogP contribution in [0.3, 0.4) is 0 Å². The number of hydrogen-bond acceptors (Lipinski definition) is 3. The van der Waals surface area contributed by atoms with Crippen LogP contribution in [0.25, 0.3) is 0 Å². The third kappa shape index (κ3) is 3.56. The highest BCUT2D eigenvalue weighted by Gasteiger charge is 2.43. The van der Waals surface area contributed by atoms with Gasteiger partial charge >= 0.3 is 8.80 Å². The first kappa shape index (κ1) is 13.4. The van der Waals surface area contributed by atoms with Gasteiger partial charge in [0, 0.05) is 32.8 Å². The summed E-state index contributed by atoms with van der Waals surface area (Å²) in [7, 11) is 2.49. The molecule has 13 heavy (non-hydrogen) atoms. The highest BCUT2D eigenvalue weighted by molar-refractivity contribution is 6.62. The molecule has 1 unspecified atom stereocenters. The summed E-state index contributed by atoms with van der Waals surface area (Å²) < 4.78 is 16.0. The Balaban J connectivity index is 4.17. The minimum absolute atomic E-state index is 0.297. The fourth-order valence-corrected chi connectivity index (χ4v) is 3.83. The summed E-state index contributed by atoms with van der Waals surface area (Å²) in [6.45, 7) is 2.08. The molecule has 5 heteroatoms. The average molecular weight is 227 g/mol. The van der Waals surface area contributed by atoms with Crippen molar-refractivity contribution < 1.29 is 13.3 Å². The van der Waals surface area contributed by atoms with E-state index in [0.29, 0.717) is 11.4 Å². The van der Waals surface area contributed by atoms with Crippen LogP contribution in [0.2, 0.25) is 5.54 Å². The summed E-state index contributed by atoms with van der Waals surface area (Å²) in [4.78, 5) is 0. The van der Waals surface area contributed by atoms with Crippen molar-refractivity contribution in [2.75, 3.05) is 27.2 Å². The lowest BCUT2D eigenvalue weighted by molar-refractivity contribution is 0.112. The van der Waals surface area contributed by atoms with Crippen molar-refractivity contribution in [3.05, 3.63) is 0 Å². The van der Waals surface area contributed by atoms with Gasteiger partial charge in [-0.1, -0.05) is 6.92 Å². The molecule has 0 aliphatic heterocycles. The summed E-state index contributed by atoms with van der Waals surface area (Å²) >= 11 is 5.62. The molecule has 0 aliphatic carbocycles. The van der Waals surface area contributed by atoms with Crippen LogP contribution >= 0.6 is 11.6 Å². The first-order valence-corrected chi connectivity index (χ1v) is 6.72. The van der Waals surface area contributed by atoms with Crippen molar-refractivity contribution in [1.29, 1.82) is 0 Å². The topological polar surface area (TPSA) is 27.7 Å². The van der Waals surface area contributed by atoms with E-state index < -0.39 is 8.80 Å². The summed E-state index contributed by atoms with van der Waals surface area (Å²) in [6.07, 6.45) is 1.94. The van der Waals surface area contributed by atoms with Crippen molar-refractivity contribution >= 4 is 20.4 Å². The molecule has 0 fully saturated rings. The van der Waals surface area contributed by atoms with Gasteiger partial charge in [-0.15, -0.1) is 11.6 Å². The lowest BCUT2D eigenvalue weighted by atomic mass is 10.3. The second kappa shape index (κ2) is 6.78. The lowest BCUT2D eigenvalue weighted by Crippen LogP contribution is -2.46. The van der Waals surface area contributed by atoms with Gasteiger partial charge < -0.3 is 13.3 Å². The largest absolute Gasteiger partial charge is 0.503 e. The standard InChI is InChI=1S/C8H19ClO3Si/c1-8(6-5-7-9)13(10-2,11-3)12-4/h8H,5-7H2,1-4H3. The third-order valence-electron chi connectivity index (χ3n) is 2.23. The average Bonchev–Trinajstić information content (AvgIpc) is 2.18. The van der Waals surface area contributed by atoms with Crippen LogP contribution in [0, 0.1) is 0 Å². The van der Waals surface area contributed by atoms with Crippen LogP contribution in [0.1, 0.15) is 19.8 Å². The second-order valence-electron chi connectivity index (χ2n) is 2.95. The van der Waals surface area contributed by atoms with Gasteiger partial charge in [-0.2, -0.15) is 0 Å². The summed E-state index contributed by atoms with van der Waals surface area (Å²) in [5, 5.41) is 0. The normalized spacial score (nSPS) is 14.5. The van der Waals surface area contributed by atoms with E-state index in [2.05, 4.69) is 6.92 Å². The number of halogens is 1. The molecule has 0 spiro atoms. The van der Waals surface area contributed by atoms with E-state index in [1.54, 1.807) is 21.3 Å². The second-order valence-corrected chi connectivity index (χ2v) is 6.74. The van der Waals surface area contributed by atoms with Gasteiger partial charge in [0.05, 0.1) is 0 Å². The van der Waals surface area contributed by atoms with Gasteiger partial charge in [0.1, 0.15) is 0 Å².